The van der Waals surface area contributed by atoms with Gasteiger partial charge in [-0.2, -0.15) is 0 Å². The summed E-state index contributed by atoms with van der Waals surface area (Å²) in [6.07, 6.45) is 1.11. The van der Waals surface area contributed by atoms with Crippen molar-refractivity contribution in [1.82, 2.24) is 5.32 Å². The zero-order valence-corrected chi connectivity index (χ0v) is 10.5. The van der Waals surface area contributed by atoms with Gasteiger partial charge in [0, 0.05) is 6.54 Å². The number of benzene rings is 1. The van der Waals surface area contributed by atoms with Gasteiger partial charge in [0.25, 0.3) is 0 Å². The van der Waals surface area contributed by atoms with Crippen LogP contribution in [0.3, 0.4) is 0 Å². The highest BCUT2D eigenvalue weighted by Crippen LogP contribution is 2.30. The van der Waals surface area contributed by atoms with Crippen LogP contribution in [0.4, 0.5) is 0 Å². The van der Waals surface area contributed by atoms with Crippen molar-refractivity contribution in [2.24, 2.45) is 0 Å². The first-order valence-corrected chi connectivity index (χ1v) is 6.21. The van der Waals surface area contributed by atoms with E-state index in [0.717, 1.165) is 13.0 Å². The Morgan fingerprint density at radius 2 is 2.06 bits per heavy atom. The fourth-order valence-electron chi connectivity index (χ4n) is 2.54. The van der Waals surface area contributed by atoms with Gasteiger partial charge >= 0.3 is 0 Å². The Hall–Kier alpha value is -0.900. The fraction of sp³-hybridized carbons (Fsp3) is 0.571. The molecule has 1 heterocycles. The first-order chi connectivity index (χ1) is 8.16. The SMILES string of the molecule is CC1CC(CO)(NCc2ccccc2)C(C)O1. The van der Waals surface area contributed by atoms with Crippen LogP contribution in [-0.2, 0) is 11.3 Å². The Morgan fingerprint density at radius 1 is 1.35 bits per heavy atom. The Morgan fingerprint density at radius 3 is 2.59 bits per heavy atom. The van der Waals surface area contributed by atoms with Crippen molar-refractivity contribution in [3.63, 3.8) is 0 Å². The smallest absolute Gasteiger partial charge is 0.0755 e. The molecule has 1 fully saturated rings. The van der Waals surface area contributed by atoms with E-state index < -0.39 is 0 Å². The van der Waals surface area contributed by atoms with E-state index in [-0.39, 0.29) is 24.4 Å². The number of hydrogen-bond acceptors (Lipinski definition) is 3. The molecule has 2 N–H and O–H groups in total. The molecule has 3 heteroatoms. The topological polar surface area (TPSA) is 41.5 Å². The van der Waals surface area contributed by atoms with Gasteiger partial charge in [-0.3, -0.25) is 0 Å². The van der Waals surface area contributed by atoms with E-state index >= 15 is 0 Å². The van der Waals surface area contributed by atoms with Gasteiger partial charge < -0.3 is 15.2 Å². The molecule has 0 bridgehead atoms. The summed E-state index contributed by atoms with van der Waals surface area (Å²) in [5.74, 6) is 0. The molecule has 1 aromatic rings. The van der Waals surface area contributed by atoms with Gasteiger partial charge in [-0.15, -0.1) is 0 Å². The van der Waals surface area contributed by atoms with Crippen LogP contribution in [0.25, 0.3) is 0 Å². The molecule has 1 aliphatic heterocycles. The summed E-state index contributed by atoms with van der Waals surface area (Å²) in [5, 5.41) is 13.1. The molecule has 1 aromatic carbocycles. The lowest BCUT2D eigenvalue weighted by molar-refractivity contribution is 0.0272. The number of nitrogens with one attached hydrogen (secondary N) is 1. The minimum absolute atomic E-state index is 0.0474. The van der Waals surface area contributed by atoms with E-state index in [1.54, 1.807) is 0 Å². The molecule has 17 heavy (non-hydrogen) atoms. The van der Waals surface area contributed by atoms with Gasteiger partial charge in [-0.1, -0.05) is 30.3 Å². The normalized spacial score (nSPS) is 32.9. The number of ether oxygens (including phenoxy) is 1. The molecule has 94 valence electrons. The van der Waals surface area contributed by atoms with Crippen molar-refractivity contribution in [1.29, 1.82) is 0 Å². The minimum atomic E-state index is -0.296. The molecule has 1 saturated heterocycles. The number of rotatable bonds is 4. The first-order valence-electron chi connectivity index (χ1n) is 6.21. The van der Waals surface area contributed by atoms with E-state index in [0.29, 0.717) is 0 Å². The largest absolute Gasteiger partial charge is 0.394 e. The van der Waals surface area contributed by atoms with Crippen molar-refractivity contribution >= 4 is 0 Å². The minimum Gasteiger partial charge on any atom is -0.394 e. The van der Waals surface area contributed by atoms with E-state index in [1.165, 1.54) is 5.56 Å². The summed E-state index contributed by atoms with van der Waals surface area (Å²) in [5.41, 5.74) is 0.932. The average Bonchev–Trinajstić information content (AvgIpc) is 2.63. The zero-order chi connectivity index (χ0) is 12.3. The Kier molecular flexibility index (Phi) is 3.82. The van der Waals surface area contributed by atoms with Crippen molar-refractivity contribution in [2.75, 3.05) is 6.61 Å². The average molecular weight is 235 g/mol. The van der Waals surface area contributed by atoms with Crippen LogP contribution in [0, 0.1) is 0 Å². The van der Waals surface area contributed by atoms with Gasteiger partial charge in [0.2, 0.25) is 0 Å². The van der Waals surface area contributed by atoms with Crippen LogP contribution >= 0.6 is 0 Å². The summed E-state index contributed by atoms with van der Waals surface area (Å²) >= 11 is 0. The molecule has 3 atom stereocenters. The quantitative estimate of drug-likeness (QED) is 0.834. The maximum absolute atomic E-state index is 9.64. The lowest BCUT2D eigenvalue weighted by Gasteiger charge is -2.31. The van der Waals surface area contributed by atoms with Gasteiger partial charge in [-0.25, -0.2) is 0 Å². The van der Waals surface area contributed by atoms with Crippen molar-refractivity contribution in [3.8, 4) is 0 Å². The Labute approximate surface area is 103 Å². The highest BCUT2D eigenvalue weighted by Gasteiger charge is 2.43. The predicted octanol–water partition coefficient (Wildman–Crippen LogP) is 1.70. The van der Waals surface area contributed by atoms with E-state index in [1.807, 2.05) is 25.1 Å². The monoisotopic (exact) mass is 235 g/mol. The second kappa shape index (κ2) is 5.17. The third kappa shape index (κ3) is 2.68. The van der Waals surface area contributed by atoms with Crippen LogP contribution < -0.4 is 5.32 Å². The number of hydrogen-bond donors (Lipinski definition) is 2. The molecule has 0 amide bonds. The summed E-state index contributed by atoms with van der Waals surface area (Å²) in [6.45, 7) is 4.96. The second-order valence-electron chi connectivity index (χ2n) is 4.95. The maximum Gasteiger partial charge on any atom is 0.0755 e. The van der Waals surface area contributed by atoms with Crippen LogP contribution in [0.1, 0.15) is 25.8 Å². The molecule has 2 rings (SSSR count). The third-order valence-corrected chi connectivity index (χ3v) is 3.64. The molecule has 0 aromatic heterocycles. The fourth-order valence-corrected chi connectivity index (χ4v) is 2.54. The lowest BCUT2D eigenvalue weighted by Crippen LogP contribution is -2.53. The Bertz CT molecular complexity index is 354. The molecular weight excluding hydrogens is 214 g/mol. The van der Waals surface area contributed by atoms with E-state index in [4.69, 9.17) is 4.74 Å². The highest BCUT2D eigenvalue weighted by atomic mass is 16.5. The summed E-state index contributed by atoms with van der Waals surface area (Å²) in [6, 6.07) is 10.2. The number of aliphatic hydroxyl groups is 1. The number of aliphatic hydroxyl groups excluding tert-OH is 1. The summed E-state index contributed by atoms with van der Waals surface area (Å²) in [7, 11) is 0. The van der Waals surface area contributed by atoms with Crippen LogP contribution in [0.15, 0.2) is 30.3 Å². The maximum atomic E-state index is 9.64. The lowest BCUT2D eigenvalue weighted by atomic mass is 9.91. The molecule has 0 radical (unpaired) electrons. The van der Waals surface area contributed by atoms with Crippen molar-refractivity contribution in [2.45, 2.75) is 44.6 Å². The van der Waals surface area contributed by atoms with Crippen molar-refractivity contribution in [3.05, 3.63) is 35.9 Å². The van der Waals surface area contributed by atoms with E-state index in [9.17, 15) is 5.11 Å². The molecule has 0 aliphatic carbocycles. The molecule has 3 nitrogen and oxygen atoms in total. The standard InChI is InChI=1S/C14H21NO2/c1-11-8-14(10-16,12(2)17-11)15-9-13-6-4-3-5-7-13/h3-7,11-12,15-16H,8-10H2,1-2H3. The second-order valence-corrected chi connectivity index (χ2v) is 4.95. The van der Waals surface area contributed by atoms with Crippen LogP contribution in [-0.4, -0.2) is 29.5 Å². The van der Waals surface area contributed by atoms with Crippen LogP contribution in [0.5, 0.6) is 0 Å². The van der Waals surface area contributed by atoms with Crippen molar-refractivity contribution < 1.29 is 9.84 Å². The third-order valence-electron chi connectivity index (χ3n) is 3.64. The van der Waals surface area contributed by atoms with Gasteiger partial charge in [0.05, 0.1) is 24.4 Å². The Balaban J connectivity index is 2.01. The van der Waals surface area contributed by atoms with Crippen LogP contribution in [0.2, 0.25) is 0 Å². The first kappa shape index (κ1) is 12.6. The molecule has 1 aliphatic rings. The summed E-state index contributed by atoms with van der Waals surface area (Å²) < 4.78 is 5.73. The molecule has 3 unspecified atom stereocenters. The van der Waals surface area contributed by atoms with E-state index in [2.05, 4.69) is 24.4 Å². The molecular formula is C14H21NO2. The zero-order valence-electron chi connectivity index (χ0n) is 10.5. The molecule has 0 saturated carbocycles. The predicted molar refractivity (Wildman–Crippen MR) is 67.7 cm³/mol. The highest BCUT2D eigenvalue weighted by molar-refractivity contribution is 5.15. The molecule has 0 spiro atoms. The van der Waals surface area contributed by atoms with Gasteiger partial charge in [0.1, 0.15) is 0 Å². The summed E-state index contributed by atoms with van der Waals surface area (Å²) in [4.78, 5) is 0. The van der Waals surface area contributed by atoms with Gasteiger partial charge in [0.15, 0.2) is 0 Å². The van der Waals surface area contributed by atoms with Gasteiger partial charge in [-0.05, 0) is 25.8 Å².